The van der Waals surface area contributed by atoms with Crippen molar-refractivity contribution in [1.29, 1.82) is 0 Å². The normalized spacial score (nSPS) is 11.9. The van der Waals surface area contributed by atoms with E-state index in [0.29, 0.717) is 6.42 Å². The zero-order valence-electron chi connectivity index (χ0n) is 9.34. The summed E-state index contributed by atoms with van der Waals surface area (Å²) in [5.74, 6) is 0. The molecule has 0 aliphatic rings. The zero-order valence-corrected chi connectivity index (χ0v) is 9.34. The molecule has 1 N–H and O–H groups in total. The second-order valence-electron chi connectivity index (χ2n) is 4.33. The molecule has 0 amide bonds. The van der Waals surface area contributed by atoms with Crippen molar-refractivity contribution in [1.82, 2.24) is 9.38 Å². The fraction of sp³-hybridized carbons (Fsp3) is 0.333. The molecule has 0 aliphatic heterocycles. The lowest BCUT2D eigenvalue weighted by Crippen LogP contribution is -2.15. The van der Waals surface area contributed by atoms with Crippen molar-refractivity contribution in [2.45, 2.75) is 25.9 Å². The Hall–Kier alpha value is -1.68. The van der Waals surface area contributed by atoms with Crippen LogP contribution in [-0.2, 0) is 16.8 Å². The number of nitrogens with zero attached hydrogens (tertiary/aromatic N) is 2. The molecule has 0 aliphatic carbocycles. The summed E-state index contributed by atoms with van der Waals surface area (Å²) in [7, 11) is 0. The molecule has 4 nitrogen and oxygen atoms in total. The van der Waals surface area contributed by atoms with Crippen LogP contribution in [0.25, 0.3) is 5.52 Å². The van der Waals surface area contributed by atoms with Crippen molar-refractivity contribution in [2.24, 2.45) is 0 Å². The SMILES string of the molecule is CC(C)(O)c1ccn2cnc(CC=O)c2c1. The van der Waals surface area contributed by atoms with Crippen molar-refractivity contribution in [3.63, 3.8) is 0 Å². The summed E-state index contributed by atoms with van der Waals surface area (Å²) < 4.78 is 1.84. The fourth-order valence-electron chi connectivity index (χ4n) is 1.66. The van der Waals surface area contributed by atoms with Gasteiger partial charge in [0.05, 0.1) is 23.1 Å². The van der Waals surface area contributed by atoms with Crippen molar-refractivity contribution < 1.29 is 9.90 Å². The summed E-state index contributed by atoms with van der Waals surface area (Å²) in [6.07, 6.45) is 4.64. The lowest BCUT2D eigenvalue weighted by molar-refractivity contribution is -0.107. The first-order valence-corrected chi connectivity index (χ1v) is 5.14. The van der Waals surface area contributed by atoms with Crippen LogP contribution < -0.4 is 0 Å². The Labute approximate surface area is 93.5 Å². The van der Waals surface area contributed by atoms with Gasteiger partial charge in [0.1, 0.15) is 6.29 Å². The number of imidazole rings is 1. The van der Waals surface area contributed by atoms with Gasteiger partial charge in [-0.1, -0.05) is 0 Å². The maximum atomic E-state index is 10.5. The van der Waals surface area contributed by atoms with Gasteiger partial charge in [0.2, 0.25) is 0 Å². The molecule has 4 heteroatoms. The minimum atomic E-state index is -0.884. The maximum absolute atomic E-state index is 10.5. The lowest BCUT2D eigenvalue weighted by atomic mass is 9.99. The molecule has 0 unspecified atom stereocenters. The molecule has 0 spiro atoms. The smallest absolute Gasteiger partial charge is 0.126 e. The molecule has 0 bridgehead atoms. The highest BCUT2D eigenvalue weighted by Crippen LogP contribution is 2.22. The number of carbonyl (C=O) groups is 1. The Morgan fingerprint density at radius 3 is 2.94 bits per heavy atom. The monoisotopic (exact) mass is 218 g/mol. The predicted molar refractivity (Wildman–Crippen MR) is 60.2 cm³/mol. The van der Waals surface area contributed by atoms with E-state index in [1.807, 2.05) is 22.7 Å². The first kappa shape index (κ1) is 10.8. The Morgan fingerprint density at radius 2 is 2.31 bits per heavy atom. The van der Waals surface area contributed by atoms with Crippen LogP contribution >= 0.6 is 0 Å². The van der Waals surface area contributed by atoms with Gasteiger partial charge in [-0.3, -0.25) is 0 Å². The summed E-state index contributed by atoms with van der Waals surface area (Å²) in [6, 6.07) is 3.71. The fourth-order valence-corrected chi connectivity index (χ4v) is 1.66. The number of aromatic nitrogens is 2. The Balaban J connectivity index is 2.58. The highest BCUT2D eigenvalue weighted by atomic mass is 16.3. The average molecular weight is 218 g/mol. The van der Waals surface area contributed by atoms with Crippen molar-refractivity contribution in [2.75, 3.05) is 0 Å². The topological polar surface area (TPSA) is 54.6 Å². The first-order valence-electron chi connectivity index (χ1n) is 5.14. The number of hydrogen-bond donors (Lipinski definition) is 1. The molecule has 2 aromatic rings. The van der Waals surface area contributed by atoms with E-state index in [1.54, 1.807) is 20.2 Å². The third kappa shape index (κ3) is 1.84. The highest BCUT2D eigenvalue weighted by Gasteiger charge is 2.17. The van der Waals surface area contributed by atoms with E-state index in [1.165, 1.54) is 0 Å². The van der Waals surface area contributed by atoms with Gasteiger partial charge in [0, 0.05) is 12.6 Å². The van der Waals surface area contributed by atoms with E-state index >= 15 is 0 Å². The van der Waals surface area contributed by atoms with Gasteiger partial charge in [-0.25, -0.2) is 4.98 Å². The van der Waals surface area contributed by atoms with E-state index in [4.69, 9.17) is 0 Å². The van der Waals surface area contributed by atoms with Gasteiger partial charge in [0.25, 0.3) is 0 Å². The van der Waals surface area contributed by atoms with E-state index in [9.17, 15) is 9.90 Å². The third-order valence-electron chi connectivity index (χ3n) is 2.60. The maximum Gasteiger partial charge on any atom is 0.126 e. The summed E-state index contributed by atoms with van der Waals surface area (Å²) in [5, 5.41) is 9.91. The number of aliphatic hydroxyl groups is 1. The number of rotatable bonds is 3. The van der Waals surface area contributed by atoms with E-state index < -0.39 is 5.60 Å². The summed E-state index contributed by atoms with van der Waals surface area (Å²) >= 11 is 0. The van der Waals surface area contributed by atoms with Crippen LogP contribution in [0.5, 0.6) is 0 Å². The van der Waals surface area contributed by atoms with E-state index in [-0.39, 0.29) is 0 Å². The predicted octanol–water partition coefficient (Wildman–Crippen LogP) is 1.30. The van der Waals surface area contributed by atoms with Crippen molar-refractivity contribution >= 4 is 11.8 Å². The van der Waals surface area contributed by atoms with Gasteiger partial charge in [-0.15, -0.1) is 0 Å². The number of carbonyl (C=O) groups excluding carboxylic acids is 1. The molecule has 0 saturated heterocycles. The molecule has 84 valence electrons. The minimum Gasteiger partial charge on any atom is -0.386 e. The Bertz CT molecular complexity index is 523. The van der Waals surface area contributed by atoms with Crippen LogP contribution in [0.4, 0.5) is 0 Å². The molecule has 2 aromatic heterocycles. The van der Waals surface area contributed by atoms with Crippen LogP contribution in [0, 0.1) is 0 Å². The Morgan fingerprint density at radius 1 is 1.56 bits per heavy atom. The zero-order chi connectivity index (χ0) is 11.8. The average Bonchev–Trinajstić information content (AvgIpc) is 2.60. The number of fused-ring (bicyclic) bond motifs is 1. The molecule has 0 saturated carbocycles. The molecule has 16 heavy (non-hydrogen) atoms. The highest BCUT2D eigenvalue weighted by molar-refractivity contribution is 5.63. The molecule has 0 radical (unpaired) electrons. The van der Waals surface area contributed by atoms with Gasteiger partial charge >= 0.3 is 0 Å². The first-order chi connectivity index (χ1) is 7.52. The largest absolute Gasteiger partial charge is 0.386 e. The Kier molecular flexibility index (Phi) is 2.52. The molecule has 0 atom stereocenters. The molecular formula is C12H14N2O2. The molecule has 0 aromatic carbocycles. The number of pyridine rings is 1. The van der Waals surface area contributed by atoms with Crippen LogP contribution in [0.15, 0.2) is 24.7 Å². The standard InChI is InChI=1S/C12H14N2O2/c1-12(2,16)9-3-5-14-8-13-10(4-6-15)11(14)7-9/h3,5-8,16H,4H2,1-2H3. The van der Waals surface area contributed by atoms with E-state index in [2.05, 4.69) is 4.98 Å². The van der Waals surface area contributed by atoms with Crippen LogP contribution in [0.1, 0.15) is 25.1 Å². The van der Waals surface area contributed by atoms with E-state index in [0.717, 1.165) is 23.1 Å². The van der Waals surface area contributed by atoms with Gasteiger partial charge < -0.3 is 14.3 Å². The summed E-state index contributed by atoms with van der Waals surface area (Å²) in [6.45, 7) is 3.46. The molecule has 2 rings (SSSR count). The number of hydrogen-bond acceptors (Lipinski definition) is 3. The summed E-state index contributed by atoms with van der Waals surface area (Å²) in [5.41, 5.74) is 1.53. The molecule has 0 fully saturated rings. The third-order valence-corrected chi connectivity index (χ3v) is 2.60. The lowest BCUT2D eigenvalue weighted by Gasteiger charge is -2.17. The van der Waals surface area contributed by atoms with Crippen LogP contribution in [0.3, 0.4) is 0 Å². The molecule has 2 heterocycles. The summed E-state index contributed by atoms with van der Waals surface area (Å²) in [4.78, 5) is 14.7. The second kappa shape index (κ2) is 3.72. The van der Waals surface area contributed by atoms with Crippen LogP contribution in [-0.4, -0.2) is 20.8 Å². The number of aldehydes is 1. The van der Waals surface area contributed by atoms with Crippen LogP contribution in [0.2, 0.25) is 0 Å². The van der Waals surface area contributed by atoms with Crippen molar-refractivity contribution in [3.05, 3.63) is 35.9 Å². The second-order valence-corrected chi connectivity index (χ2v) is 4.33. The molecular weight excluding hydrogens is 204 g/mol. The van der Waals surface area contributed by atoms with Crippen molar-refractivity contribution in [3.8, 4) is 0 Å². The van der Waals surface area contributed by atoms with Gasteiger partial charge in [0.15, 0.2) is 0 Å². The van der Waals surface area contributed by atoms with Gasteiger partial charge in [-0.05, 0) is 31.5 Å². The quantitative estimate of drug-likeness (QED) is 0.790. The van der Waals surface area contributed by atoms with Gasteiger partial charge in [-0.2, -0.15) is 0 Å². The minimum absolute atomic E-state index is 0.297.